The van der Waals surface area contributed by atoms with Crippen LogP contribution in [0.4, 0.5) is 0 Å². The molecule has 3 aliphatic heterocycles. The second kappa shape index (κ2) is 7.18. The fourth-order valence-electron chi connectivity index (χ4n) is 4.74. The molecule has 0 unspecified atom stereocenters. The van der Waals surface area contributed by atoms with Crippen LogP contribution in [0.2, 0.25) is 0 Å². The van der Waals surface area contributed by atoms with E-state index < -0.39 is 5.60 Å². The van der Waals surface area contributed by atoms with Gasteiger partial charge in [0.2, 0.25) is 0 Å². The summed E-state index contributed by atoms with van der Waals surface area (Å²) in [4.78, 5) is 15.2. The van der Waals surface area contributed by atoms with Crippen molar-refractivity contribution in [1.82, 2.24) is 4.90 Å². The van der Waals surface area contributed by atoms with E-state index in [1.54, 1.807) is 6.07 Å². The molecular formula is C20H27NO5. The minimum Gasteiger partial charge on any atom is -0.494 e. The van der Waals surface area contributed by atoms with Crippen LogP contribution in [0.5, 0.6) is 5.75 Å². The van der Waals surface area contributed by atoms with E-state index in [4.69, 9.17) is 14.2 Å². The van der Waals surface area contributed by atoms with Gasteiger partial charge >= 0.3 is 0 Å². The molecule has 6 nitrogen and oxygen atoms in total. The average Bonchev–Trinajstić information content (AvgIpc) is 2.67. The molecule has 4 rings (SSSR count). The van der Waals surface area contributed by atoms with Crippen LogP contribution in [-0.4, -0.2) is 67.1 Å². The Bertz CT molecular complexity index is 665. The highest BCUT2D eigenvalue weighted by Crippen LogP contribution is 2.44. The largest absolute Gasteiger partial charge is 0.494 e. The van der Waals surface area contributed by atoms with Gasteiger partial charge in [0.15, 0.2) is 0 Å². The van der Waals surface area contributed by atoms with Gasteiger partial charge in [-0.05, 0) is 31.5 Å². The lowest BCUT2D eigenvalue weighted by molar-refractivity contribution is -0.212. The first kappa shape index (κ1) is 17.8. The maximum Gasteiger partial charge on any atom is 0.254 e. The molecule has 0 aliphatic carbocycles. The molecule has 3 aliphatic rings. The third-order valence-electron chi connectivity index (χ3n) is 6.11. The number of piperidine rings is 1. The first-order chi connectivity index (χ1) is 12.6. The number of hydrogen-bond acceptors (Lipinski definition) is 5. The van der Waals surface area contributed by atoms with Crippen LogP contribution >= 0.6 is 0 Å². The van der Waals surface area contributed by atoms with Crippen LogP contribution in [0, 0.1) is 11.8 Å². The van der Waals surface area contributed by atoms with Gasteiger partial charge in [-0.25, -0.2) is 0 Å². The number of ether oxygens (including phenoxy) is 3. The van der Waals surface area contributed by atoms with Crippen LogP contribution in [-0.2, 0) is 9.47 Å². The first-order valence-corrected chi connectivity index (χ1v) is 9.55. The number of benzene rings is 1. The first-order valence-electron chi connectivity index (χ1n) is 9.55. The number of likely N-dealkylation sites (tertiary alicyclic amines) is 1. The van der Waals surface area contributed by atoms with E-state index in [1.807, 2.05) is 30.0 Å². The van der Waals surface area contributed by atoms with Crippen LogP contribution in [0.15, 0.2) is 24.3 Å². The molecular weight excluding hydrogens is 334 g/mol. The summed E-state index contributed by atoms with van der Waals surface area (Å²) in [7, 11) is 0. The Labute approximate surface area is 154 Å². The topological polar surface area (TPSA) is 68.2 Å². The molecule has 0 saturated carbocycles. The number of fused-ring (bicyclic) bond motifs is 3. The van der Waals surface area contributed by atoms with Gasteiger partial charge in [-0.1, -0.05) is 6.07 Å². The molecule has 1 amide bonds. The number of carbonyl (C=O) groups excluding carboxylic acids is 1. The van der Waals surface area contributed by atoms with Crippen molar-refractivity contribution < 1.29 is 24.1 Å². The van der Waals surface area contributed by atoms with E-state index in [9.17, 15) is 9.90 Å². The highest BCUT2D eigenvalue weighted by atomic mass is 16.5. The Morgan fingerprint density at radius 1 is 1.35 bits per heavy atom. The zero-order valence-corrected chi connectivity index (χ0v) is 15.2. The smallest absolute Gasteiger partial charge is 0.254 e. The molecule has 6 heteroatoms. The Morgan fingerprint density at radius 2 is 2.19 bits per heavy atom. The number of hydrogen-bond donors (Lipinski definition) is 1. The Kier molecular flexibility index (Phi) is 4.90. The zero-order chi connectivity index (χ0) is 18.1. The number of amides is 1. The molecule has 3 heterocycles. The molecule has 0 radical (unpaired) electrons. The summed E-state index contributed by atoms with van der Waals surface area (Å²) in [5.41, 5.74) is -0.170. The van der Waals surface area contributed by atoms with E-state index in [1.165, 1.54) is 0 Å². The van der Waals surface area contributed by atoms with Gasteiger partial charge < -0.3 is 24.2 Å². The fraction of sp³-hybridized carbons (Fsp3) is 0.650. The van der Waals surface area contributed by atoms with E-state index in [0.717, 1.165) is 6.42 Å². The lowest BCUT2D eigenvalue weighted by Crippen LogP contribution is -2.68. The second-order valence-electron chi connectivity index (χ2n) is 7.47. The van der Waals surface area contributed by atoms with Crippen molar-refractivity contribution in [2.45, 2.75) is 31.4 Å². The number of nitrogens with zero attached hydrogens (tertiary/aromatic N) is 1. The molecule has 0 aromatic heterocycles. The lowest BCUT2D eigenvalue weighted by Gasteiger charge is -2.57. The molecule has 4 atom stereocenters. The maximum absolute atomic E-state index is 13.3. The molecule has 0 bridgehead atoms. The monoisotopic (exact) mass is 361 g/mol. The van der Waals surface area contributed by atoms with E-state index in [0.29, 0.717) is 57.3 Å². The minimum atomic E-state index is -0.798. The summed E-state index contributed by atoms with van der Waals surface area (Å²) < 4.78 is 16.8. The molecule has 3 fully saturated rings. The van der Waals surface area contributed by atoms with Crippen LogP contribution in [0.1, 0.15) is 30.1 Å². The predicted octanol–water partition coefficient (Wildman–Crippen LogP) is 1.71. The van der Waals surface area contributed by atoms with Crippen molar-refractivity contribution in [3.05, 3.63) is 29.8 Å². The maximum atomic E-state index is 13.3. The van der Waals surface area contributed by atoms with E-state index >= 15 is 0 Å². The lowest BCUT2D eigenvalue weighted by atomic mass is 9.66. The number of rotatable bonds is 3. The standard InChI is InChI=1S/C20H27NO5/c1-2-26-16-5-3-4-14(10-16)19(22)21-11-15-12-25-9-7-20(15,23)17-13-24-8-6-18(17)21/h3-5,10,15,17-18,23H,2,6-9,11-13H2,1H3/t15-,17+,18-,20-/m1/s1. The molecule has 1 aromatic rings. The van der Waals surface area contributed by atoms with Gasteiger partial charge in [0.1, 0.15) is 5.75 Å². The molecule has 26 heavy (non-hydrogen) atoms. The van der Waals surface area contributed by atoms with Crippen LogP contribution in [0.3, 0.4) is 0 Å². The summed E-state index contributed by atoms with van der Waals surface area (Å²) in [6, 6.07) is 7.35. The van der Waals surface area contributed by atoms with Gasteiger partial charge in [-0.2, -0.15) is 0 Å². The molecule has 142 valence electrons. The van der Waals surface area contributed by atoms with Crippen molar-refractivity contribution in [3.8, 4) is 5.75 Å². The normalized spacial score (nSPS) is 33.9. The third-order valence-corrected chi connectivity index (χ3v) is 6.11. The molecule has 1 N–H and O–H groups in total. The molecule has 3 saturated heterocycles. The number of aliphatic hydroxyl groups is 1. The highest BCUT2D eigenvalue weighted by molar-refractivity contribution is 5.95. The molecule has 1 aromatic carbocycles. The van der Waals surface area contributed by atoms with Crippen molar-refractivity contribution in [1.29, 1.82) is 0 Å². The van der Waals surface area contributed by atoms with Crippen molar-refractivity contribution in [3.63, 3.8) is 0 Å². The quantitative estimate of drug-likeness (QED) is 0.888. The summed E-state index contributed by atoms with van der Waals surface area (Å²) in [6.07, 6.45) is 1.38. The van der Waals surface area contributed by atoms with Crippen LogP contribution in [0.25, 0.3) is 0 Å². The second-order valence-corrected chi connectivity index (χ2v) is 7.47. The van der Waals surface area contributed by atoms with Gasteiger partial charge in [0.05, 0.1) is 25.4 Å². The Morgan fingerprint density at radius 3 is 3.04 bits per heavy atom. The van der Waals surface area contributed by atoms with Crippen molar-refractivity contribution in [2.24, 2.45) is 11.8 Å². The minimum absolute atomic E-state index is 0.00363. The van der Waals surface area contributed by atoms with Gasteiger partial charge in [-0.15, -0.1) is 0 Å². The Hall–Kier alpha value is -1.63. The van der Waals surface area contributed by atoms with Gasteiger partial charge in [0.25, 0.3) is 5.91 Å². The van der Waals surface area contributed by atoms with Crippen molar-refractivity contribution in [2.75, 3.05) is 39.6 Å². The van der Waals surface area contributed by atoms with Crippen LogP contribution < -0.4 is 4.74 Å². The van der Waals surface area contributed by atoms with Gasteiger partial charge in [-0.3, -0.25) is 4.79 Å². The van der Waals surface area contributed by atoms with E-state index in [-0.39, 0.29) is 23.8 Å². The van der Waals surface area contributed by atoms with E-state index in [2.05, 4.69) is 0 Å². The highest BCUT2D eigenvalue weighted by Gasteiger charge is 2.56. The Balaban J connectivity index is 1.63. The summed E-state index contributed by atoms with van der Waals surface area (Å²) in [5.74, 6) is 0.573. The summed E-state index contributed by atoms with van der Waals surface area (Å²) >= 11 is 0. The summed E-state index contributed by atoms with van der Waals surface area (Å²) in [6.45, 7) is 5.20. The predicted molar refractivity (Wildman–Crippen MR) is 95.2 cm³/mol. The number of carbonyl (C=O) groups is 1. The molecule has 0 spiro atoms. The van der Waals surface area contributed by atoms with Crippen molar-refractivity contribution >= 4 is 5.91 Å². The third kappa shape index (κ3) is 3.00. The summed E-state index contributed by atoms with van der Waals surface area (Å²) in [5, 5.41) is 11.4. The fourth-order valence-corrected chi connectivity index (χ4v) is 4.74. The SMILES string of the molecule is CCOc1cccc(C(=O)N2C[C@@H]3COCC[C@]3(O)[C@H]3COCC[C@H]32)c1. The van der Waals surface area contributed by atoms with Gasteiger partial charge in [0, 0.05) is 49.6 Å². The zero-order valence-electron chi connectivity index (χ0n) is 15.2. The average molecular weight is 361 g/mol.